The number of hydrogen-bond donors (Lipinski definition) is 3. The number of benzene rings is 1. The Balaban J connectivity index is 2.30. The minimum atomic E-state index is -0.110. The quantitative estimate of drug-likeness (QED) is 0.659. The highest BCUT2D eigenvalue weighted by molar-refractivity contribution is 5.75. The second-order valence-corrected chi connectivity index (χ2v) is 3.63. The van der Waals surface area contributed by atoms with Crippen LogP contribution in [0.25, 0.3) is 0 Å². The molecule has 0 saturated heterocycles. The van der Waals surface area contributed by atoms with Gasteiger partial charge in [-0.05, 0) is 12.0 Å². The van der Waals surface area contributed by atoms with Crippen molar-refractivity contribution in [1.82, 2.24) is 5.32 Å². The molecule has 16 heavy (non-hydrogen) atoms. The van der Waals surface area contributed by atoms with E-state index in [4.69, 9.17) is 10.8 Å². The molecule has 4 heteroatoms. The number of rotatable bonds is 6. The van der Waals surface area contributed by atoms with Gasteiger partial charge in [-0.15, -0.1) is 0 Å². The molecule has 0 heterocycles. The molecule has 4 N–H and O–H groups in total. The van der Waals surface area contributed by atoms with Gasteiger partial charge in [0.25, 0.3) is 0 Å². The van der Waals surface area contributed by atoms with Crippen LogP contribution in [0.4, 0.5) is 0 Å². The topological polar surface area (TPSA) is 75.4 Å². The van der Waals surface area contributed by atoms with Crippen LogP contribution in [0, 0.1) is 0 Å². The predicted molar refractivity (Wildman–Crippen MR) is 62.7 cm³/mol. The van der Waals surface area contributed by atoms with Crippen LogP contribution in [-0.2, 0) is 4.79 Å². The average molecular weight is 222 g/mol. The first-order chi connectivity index (χ1) is 7.74. The average Bonchev–Trinajstić information content (AvgIpc) is 2.34. The summed E-state index contributed by atoms with van der Waals surface area (Å²) in [6.07, 6.45) is 0.997. The Morgan fingerprint density at radius 2 is 2.06 bits per heavy atom. The Hall–Kier alpha value is -1.39. The zero-order valence-corrected chi connectivity index (χ0v) is 9.23. The van der Waals surface area contributed by atoms with Crippen molar-refractivity contribution in [3.63, 3.8) is 0 Å². The summed E-state index contributed by atoms with van der Waals surface area (Å²) in [5.74, 6) is -0.0690. The van der Waals surface area contributed by atoms with Gasteiger partial charge in [0.05, 0.1) is 6.61 Å². The molecule has 1 aromatic rings. The van der Waals surface area contributed by atoms with Crippen molar-refractivity contribution in [3.8, 4) is 0 Å². The maximum Gasteiger partial charge on any atom is 0.220 e. The van der Waals surface area contributed by atoms with Gasteiger partial charge < -0.3 is 16.2 Å². The van der Waals surface area contributed by atoms with Crippen LogP contribution in [0.5, 0.6) is 0 Å². The van der Waals surface area contributed by atoms with Crippen LogP contribution >= 0.6 is 0 Å². The molecule has 1 atom stereocenters. The normalized spacial score (nSPS) is 12.1. The Kier molecular flexibility index (Phi) is 5.53. The summed E-state index contributed by atoms with van der Waals surface area (Å²) in [6.45, 7) is 0.274. The molecule has 0 bridgehead atoms. The van der Waals surface area contributed by atoms with Crippen LogP contribution in [0.3, 0.4) is 0 Å². The first-order valence-corrected chi connectivity index (χ1v) is 5.42. The van der Waals surface area contributed by atoms with E-state index in [1.165, 1.54) is 0 Å². The van der Waals surface area contributed by atoms with Gasteiger partial charge in [-0.3, -0.25) is 4.79 Å². The van der Waals surface area contributed by atoms with Crippen molar-refractivity contribution in [2.75, 3.05) is 13.2 Å². The molecule has 0 aromatic heterocycles. The van der Waals surface area contributed by atoms with Gasteiger partial charge in [0.1, 0.15) is 0 Å². The summed E-state index contributed by atoms with van der Waals surface area (Å²) in [6, 6.07) is 9.60. The van der Waals surface area contributed by atoms with E-state index in [-0.39, 0.29) is 18.6 Å². The molecular weight excluding hydrogens is 204 g/mol. The van der Waals surface area contributed by atoms with Crippen LogP contribution < -0.4 is 11.1 Å². The molecule has 4 nitrogen and oxygen atoms in total. The minimum absolute atomic E-state index is 0.0313. The standard InChI is InChI=1S/C12H18N2O2/c13-11(10-4-2-1-3-5-10)6-7-12(16)14-8-9-15/h1-5,11,15H,6-9,13H2,(H,14,16). The molecule has 0 aliphatic heterocycles. The SMILES string of the molecule is NC(CCC(=O)NCCO)c1ccccc1. The minimum Gasteiger partial charge on any atom is -0.395 e. The summed E-state index contributed by atoms with van der Waals surface area (Å²) in [5.41, 5.74) is 6.98. The molecule has 0 radical (unpaired) electrons. The third-order valence-electron chi connectivity index (χ3n) is 2.34. The summed E-state index contributed by atoms with van der Waals surface area (Å²) < 4.78 is 0. The molecule has 1 aromatic carbocycles. The fraction of sp³-hybridized carbons (Fsp3) is 0.417. The van der Waals surface area contributed by atoms with E-state index in [1.807, 2.05) is 30.3 Å². The van der Waals surface area contributed by atoms with Gasteiger partial charge in [-0.25, -0.2) is 0 Å². The van der Waals surface area contributed by atoms with Gasteiger partial charge >= 0.3 is 0 Å². The lowest BCUT2D eigenvalue weighted by molar-refractivity contribution is -0.121. The molecule has 0 saturated carbocycles. The highest BCUT2D eigenvalue weighted by Crippen LogP contribution is 2.14. The monoisotopic (exact) mass is 222 g/mol. The molecule has 88 valence electrons. The zero-order valence-electron chi connectivity index (χ0n) is 9.23. The van der Waals surface area contributed by atoms with Crippen molar-refractivity contribution in [2.45, 2.75) is 18.9 Å². The van der Waals surface area contributed by atoms with Gasteiger partial charge in [0.15, 0.2) is 0 Å². The summed E-state index contributed by atoms with van der Waals surface area (Å²) in [7, 11) is 0. The van der Waals surface area contributed by atoms with Gasteiger partial charge in [0.2, 0.25) is 5.91 Å². The number of amides is 1. The van der Waals surface area contributed by atoms with Crippen molar-refractivity contribution < 1.29 is 9.90 Å². The first-order valence-electron chi connectivity index (χ1n) is 5.42. The number of aliphatic hydroxyl groups excluding tert-OH is 1. The number of carbonyl (C=O) groups is 1. The molecule has 1 unspecified atom stereocenters. The third kappa shape index (κ3) is 4.42. The van der Waals surface area contributed by atoms with Crippen molar-refractivity contribution in [3.05, 3.63) is 35.9 Å². The fourth-order valence-electron chi connectivity index (χ4n) is 1.44. The smallest absolute Gasteiger partial charge is 0.220 e. The highest BCUT2D eigenvalue weighted by atomic mass is 16.3. The van der Waals surface area contributed by atoms with E-state index in [0.29, 0.717) is 19.4 Å². The number of hydrogen-bond acceptors (Lipinski definition) is 3. The van der Waals surface area contributed by atoms with Crippen LogP contribution in [0.2, 0.25) is 0 Å². The van der Waals surface area contributed by atoms with Crippen molar-refractivity contribution in [1.29, 1.82) is 0 Å². The number of nitrogens with one attached hydrogen (secondary N) is 1. The maximum absolute atomic E-state index is 11.3. The molecule has 1 amide bonds. The molecule has 1 rings (SSSR count). The molecule has 0 aliphatic carbocycles. The first kappa shape index (κ1) is 12.7. The lowest BCUT2D eigenvalue weighted by Gasteiger charge is -2.11. The second kappa shape index (κ2) is 6.98. The fourth-order valence-corrected chi connectivity index (χ4v) is 1.44. The van der Waals surface area contributed by atoms with Crippen LogP contribution in [-0.4, -0.2) is 24.2 Å². The molecule has 0 fully saturated rings. The number of nitrogens with two attached hydrogens (primary N) is 1. The Bertz CT molecular complexity index is 314. The van der Waals surface area contributed by atoms with E-state index >= 15 is 0 Å². The largest absolute Gasteiger partial charge is 0.395 e. The van der Waals surface area contributed by atoms with Gasteiger partial charge in [-0.2, -0.15) is 0 Å². The molecule has 0 aliphatic rings. The van der Waals surface area contributed by atoms with Gasteiger partial charge in [-0.1, -0.05) is 30.3 Å². The van der Waals surface area contributed by atoms with E-state index in [1.54, 1.807) is 0 Å². The summed E-state index contributed by atoms with van der Waals surface area (Å²) in [5, 5.41) is 11.1. The van der Waals surface area contributed by atoms with E-state index in [0.717, 1.165) is 5.56 Å². The van der Waals surface area contributed by atoms with Gasteiger partial charge in [0, 0.05) is 19.0 Å². The predicted octanol–water partition coefficient (Wildman–Crippen LogP) is 0.575. The van der Waals surface area contributed by atoms with Crippen LogP contribution in [0.15, 0.2) is 30.3 Å². The van der Waals surface area contributed by atoms with Crippen LogP contribution in [0.1, 0.15) is 24.4 Å². The van der Waals surface area contributed by atoms with E-state index < -0.39 is 0 Å². The Labute approximate surface area is 95.5 Å². The molecule has 0 spiro atoms. The number of carbonyl (C=O) groups excluding carboxylic acids is 1. The Morgan fingerprint density at radius 1 is 1.38 bits per heavy atom. The number of aliphatic hydroxyl groups is 1. The zero-order chi connectivity index (χ0) is 11.8. The Morgan fingerprint density at radius 3 is 2.69 bits per heavy atom. The lowest BCUT2D eigenvalue weighted by atomic mass is 10.0. The summed E-state index contributed by atoms with van der Waals surface area (Å²) >= 11 is 0. The van der Waals surface area contributed by atoms with E-state index in [9.17, 15) is 4.79 Å². The molecular formula is C12H18N2O2. The van der Waals surface area contributed by atoms with Crippen molar-refractivity contribution in [2.24, 2.45) is 5.73 Å². The third-order valence-corrected chi connectivity index (χ3v) is 2.34. The highest BCUT2D eigenvalue weighted by Gasteiger charge is 2.08. The van der Waals surface area contributed by atoms with E-state index in [2.05, 4.69) is 5.32 Å². The van der Waals surface area contributed by atoms with Crippen molar-refractivity contribution >= 4 is 5.91 Å². The maximum atomic E-state index is 11.3. The summed E-state index contributed by atoms with van der Waals surface area (Å²) in [4.78, 5) is 11.3. The lowest BCUT2D eigenvalue weighted by Crippen LogP contribution is -2.27. The second-order valence-electron chi connectivity index (χ2n) is 3.63.